The molecule has 2 aromatic rings. The third-order valence-corrected chi connectivity index (χ3v) is 3.24. The van der Waals surface area contributed by atoms with Gasteiger partial charge in [0.2, 0.25) is 0 Å². The van der Waals surface area contributed by atoms with Crippen molar-refractivity contribution in [1.29, 1.82) is 0 Å². The van der Waals surface area contributed by atoms with Crippen LogP contribution in [0.25, 0.3) is 0 Å². The highest BCUT2D eigenvalue weighted by Crippen LogP contribution is 2.29. The van der Waals surface area contributed by atoms with Gasteiger partial charge in [-0.1, -0.05) is 29.3 Å². The summed E-state index contributed by atoms with van der Waals surface area (Å²) in [4.78, 5) is 22.4. The molecule has 0 saturated carbocycles. The van der Waals surface area contributed by atoms with E-state index < -0.39 is 16.5 Å². The van der Waals surface area contributed by atoms with Gasteiger partial charge in [0, 0.05) is 11.8 Å². The Morgan fingerprint density at radius 3 is 2.52 bits per heavy atom. The number of anilines is 1. The molecule has 0 saturated heterocycles. The van der Waals surface area contributed by atoms with Gasteiger partial charge in [-0.15, -0.1) is 0 Å². The Kier molecular flexibility index (Phi) is 4.30. The molecule has 0 spiro atoms. The van der Waals surface area contributed by atoms with Crippen LogP contribution in [0.3, 0.4) is 0 Å². The van der Waals surface area contributed by atoms with E-state index in [0.717, 1.165) is 0 Å². The van der Waals surface area contributed by atoms with E-state index in [-0.39, 0.29) is 27.0 Å². The van der Waals surface area contributed by atoms with Crippen LogP contribution in [-0.2, 0) is 0 Å². The SMILES string of the molecule is O=C(Nc1ccc(O)c(Cl)c1)c1c(Cl)cccc1[N+](=O)[O-]. The van der Waals surface area contributed by atoms with Gasteiger partial charge in [0.15, 0.2) is 0 Å². The van der Waals surface area contributed by atoms with E-state index in [1.165, 1.54) is 36.4 Å². The van der Waals surface area contributed by atoms with E-state index in [4.69, 9.17) is 23.2 Å². The molecule has 0 atom stereocenters. The number of aromatic hydroxyl groups is 1. The number of nitrogens with one attached hydrogen (secondary N) is 1. The maximum Gasteiger partial charge on any atom is 0.283 e. The summed E-state index contributed by atoms with van der Waals surface area (Å²) in [7, 11) is 0. The summed E-state index contributed by atoms with van der Waals surface area (Å²) in [6, 6.07) is 7.96. The lowest BCUT2D eigenvalue weighted by atomic mass is 10.1. The number of carbonyl (C=O) groups excluding carboxylic acids is 1. The van der Waals surface area contributed by atoms with Gasteiger partial charge < -0.3 is 10.4 Å². The Labute approximate surface area is 129 Å². The molecule has 0 aliphatic heterocycles. The van der Waals surface area contributed by atoms with Crippen molar-refractivity contribution in [2.45, 2.75) is 0 Å². The van der Waals surface area contributed by atoms with Crippen molar-refractivity contribution in [1.82, 2.24) is 0 Å². The molecule has 21 heavy (non-hydrogen) atoms. The molecule has 0 aromatic heterocycles. The van der Waals surface area contributed by atoms with Crippen LogP contribution in [0, 0.1) is 10.1 Å². The van der Waals surface area contributed by atoms with Gasteiger partial charge in [0.25, 0.3) is 11.6 Å². The predicted molar refractivity (Wildman–Crippen MR) is 79.2 cm³/mol. The van der Waals surface area contributed by atoms with E-state index >= 15 is 0 Å². The number of nitro benzene ring substituents is 1. The zero-order chi connectivity index (χ0) is 15.6. The van der Waals surface area contributed by atoms with Crippen LogP contribution in [0.1, 0.15) is 10.4 Å². The lowest BCUT2D eigenvalue weighted by Gasteiger charge is -2.08. The van der Waals surface area contributed by atoms with Crippen molar-refractivity contribution < 1.29 is 14.8 Å². The number of benzene rings is 2. The number of hydrogen-bond acceptors (Lipinski definition) is 4. The van der Waals surface area contributed by atoms with E-state index in [2.05, 4.69) is 5.32 Å². The maximum atomic E-state index is 12.2. The number of nitrogens with zero attached hydrogens (tertiary/aromatic N) is 1. The monoisotopic (exact) mass is 326 g/mol. The number of amides is 1. The van der Waals surface area contributed by atoms with Crippen molar-refractivity contribution in [2.24, 2.45) is 0 Å². The smallest absolute Gasteiger partial charge is 0.283 e. The van der Waals surface area contributed by atoms with Gasteiger partial charge in [0.1, 0.15) is 11.3 Å². The highest BCUT2D eigenvalue weighted by molar-refractivity contribution is 6.35. The lowest BCUT2D eigenvalue weighted by Crippen LogP contribution is -2.14. The number of halogens is 2. The first kappa shape index (κ1) is 15.1. The third kappa shape index (κ3) is 3.24. The van der Waals surface area contributed by atoms with Gasteiger partial charge >= 0.3 is 0 Å². The Morgan fingerprint density at radius 1 is 1.19 bits per heavy atom. The van der Waals surface area contributed by atoms with Crippen LogP contribution in [0.2, 0.25) is 10.0 Å². The summed E-state index contributed by atoms with van der Waals surface area (Å²) in [6.45, 7) is 0. The number of phenolic OH excluding ortho intramolecular Hbond substituents is 1. The highest BCUT2D eigenvalue weighted by atomic mass is 35.5. The minimum absolute atomic E-state index is 0.0356. The van der Waals surface area contributed by atoms with Gasteiger partial charge in [0.05, 0.1) is 15.0 Å². The number of hydrogen-bond donors (Lipinski definition) is 2. The van der Waals surface area contributed by atoms with Crippen LogP contribution in [0.5, 0.6) is 5.75 Å². The van der Waals surface area contributed by atoms with Gasteiger partial charge in [-0.05, 0) is 24.3 Å². The summed E-state index contributed by atoms with van der Waals surface area (Å²) in [5, 5.41) is 22.7. The Hall–Kier alpha value is -2.31. The Morgan fingerprint density at radius 2 is 1.90 bits per heavy atom. The van der Waals surface area contributed by atoms with Gasteiger partial charge in [-0.2, -0.15) is 0 Å². The van der Waals surface area contributed by atoms with E-state index in [1.54, 1.807) is 0 Å². The Balaban J connectivity index is 2.36. The van der Waals surface area contributed by atoms with Crippen LogP contribution in [0.15, 0.2) is 36.4 Å². The van der Waals surface area contributed by atoms with Crippen LogP contribution in [0.4, 0.5) is 11.4 Å². The number of phenols is 1. The van der Waals surface area contributed by atoms with E-state index in [0.29, 0.717) is 0 Å². The quantitative estimate of drug-likeness (QED) is 0.508. The summed E-state index contributed by atoms with van der Waals surface area (Å²) < 4.78 is 0. The number of carbonyl (C=O) groups is 1. The molecular formula is C13H8Cl2N2O4. The molecular weight excluding hydrogens is 319 g/mol. The molecule has 1 amide bonds. The summed E-state index contributed by atoms with van der Waals surface area (Å²) >= 11 is 11.6. The summed E-state index contributed by atoms with van der Waals surface area (Å²) in [5.41, 5.74) is -0.366. The molecule has 0 unspecified atom stereocenters. The van der Waals surface area contributed by atoms with Crippen molar-refractivity contribution in [3.05, 3.63) is 62.1 Å². The zero-order valence-electron chi connectivity index (χ0n) is 10.3. The minimum Gasteiger partial charge on any atom is -0.506 e. The molecule has 8 heteroatoms. The van der Waals surface area contributed by atoms with Crippen LogP contribution in [-0.4, -0.2) is 15.9 Å². The fourth-order valence-corrected chi connectivity index (χ4v) is 2.10. The third-order valence-electron chi connectivity index (χ3n) is 2.62. The van der Waals surface area contributed by atoms with Crippen molar-refractivity contribution >= 4 is 40.5 Å². The fraction of sp³-hybridized carbons (Fsp3) is 0. The molecule has 0 heterocycles. The van der Waals surface area contributed by atoms with Crippen LogP contribution < -0.4 is 5.32 Å². The van der Waals surface area contributed by atoms with Crippen molar-refractivity contribution in [2.75, 3.05) is 5.32 Å². The molecule has 2 N–H and O–H groups in total. The topological polar surface area (TPSA) is 92.5 Å². The fourth-order valence-electron chi connectivity index (χ4n) is 1.67. The molecule has 6 nitrogen and oxygen atoms in total. The predicted octanol–water partition coefficient (Wildman–Crippen LogP) is 3.86. The first-order valence-electron chi connectivity index (χ1n) is 5.63. The molecule has 2 rings (SSSR count). The first-order chi connectivity index (χ1) is 9.90. The second-order valence-electron chi connectivity index (χ2n) is 4.01. The van der Waals surface area contributed by atoms with Gasteiger partial charge in [-0.25, -0.2) is 0 Å². The first-order valence-corrected chi connectivity index (χ1v) is 6.38. The molecule has 0 radical (unpaired) electrons. The normalized spacial score (nSPS) is 10.2. The zero-order valence-corrected chi connectivity index (χ0v) is 11.9. The average molecular weight is 327 g/mol. The average Bonchev–Trinajstić information content (AvgIpc) is 2.42. The minimum atomic E-state index is -0.742. The largest absolute Gasteiger partial charge is 0.506 e. The molecule has 0 bridgehead atoms. The van der Waals surface area contributed by atoms with E-state index in [1.807, 2.05) is 0 Å². The van der Waals surface area contributed by atoms with E-state index in [9.17, 15) is 20.0 Å². The summed E-state index contributed by atoms with van der Waals surface area (Å²) in [5.74, 6) is -0.882. The second kappa shape index (κ2) is 5.99. The van der Waals surface area contributed by atoms with Gasteiger partial charge in [-0.3, -0.25) is 14.9 Å². The molecule has 0 fully saturated rings. The highest BCUT2D eigenvalue weighted by Gasteiger charge is 2.23. The molecule has 0 aliphatic rings. The molecule has 2 aromatic carbocycles. The maximum absolute atomic E-state index is 12.2. The van der Waals surface area contributed by atoms with Crippen molar-refractivity contribution in [3.63, 3.8) is 0 Å². The standard InChI is InChI=1S/C13H8Cl2N2O4/c14-8-2-1-3-10(17(20)21)12(8)13(19)16-7-4-5-11(18)9(15)6-7/h1-6,18H,(H,16,19). The van der Waals surface area contributed by atoms with Crippen molar-refractivity contribution in [3.8, 4) is 5.75 Å². The second-order valence-corrected chi connectivity index (χ2v) is 4.83. The van der Waals surface area contributed by atoms with Crippen LogP contribution >= 0.6 is 23.2 Å². The Bertz CT molecular complexity index is 734. The lowest BCUT2D eigenvalue weighted by molar-refractivity contribution is -0.385. The number of rotatable bonds is 3. The summed E-state index contributed by atoms with van der Waals surface area (Å²) in [6.07, 6.45) is 0. The number of nitro groups is 1. The molecule has 0 aliphatic carbocycles. The molecule has 108 valence electrons.